The van der Waals surface area contributed by atoms with E-state index >= 15 is 0 Å². The summed E-state index contributed by atoms with van der Waals surface area (Å²) >= 11 is 0. The van der Waals surface area contributed by atoms with Gasteiger partial charge in [-0.15, -0.1) is 30.6 Å². The van der Waals surface area contributed by atoms with Crippen LogP contribution in [0.3, 0.4) is 0 Å². The molecule has 21 aromatic rings. The van der Waals surface area contributed by atoms with Gasteiger partial charge in [0.15, 0.2) is 34.9 Å². The van der Waals surface area contributed by atoms with Crippen LogP contribution < -0.4 is 0 Å². The molecule has 582 valence electrons. The van der Waals surface area contributed by atoms with Gasteiger partial charge >= 0.3 is 0 Å². The molecule has 12 aromatic heterocycles. The highest BCUT2D eigenvalue weighted by Gasteiger charge is 2.25. The van der Waals surface area contributed by atoms with E-state index in [1.54, 1.807) is 18.6 Å². The Bertz CT molecular complexity index is 7150. The van der Waals surface area contributed by atoms with Crippen LogP contribution in [0.4, 0.5) is 0 Å². The van der Waals surface area contributed by atoms with E-state index in [-0.39, 0.29) is 0 Å². The maximum atomic E-state index is 5.10. The van der Waals surface area contributed by atoms with Gasteiger partial charge in [0.05, 0.1) is 51.2 Å². The van der Waals surface area contributed by atoms with Gasteiger partial charge in [0.25, 0.3) is 0 Å². The zero-order valence-electron chi connectivity index (χ0n) is 66.1. The first-order chi connectivity index (χ1) is 61.0. The average molecular weight is 1590 g/mol. The Balaban J connectivity index is 0.000000121. The minimum atomic E-state index is 0.626. The molecule has 0 saturated carbocycles. The third-order valence-electron chi connectivity index (χ3n) is 20.5. The molecular formula is C105H72N18. The van der Waals surface area contributed by atoms with Crippen molar-refractivity contribution in [3.8, 4) is 187 Å². The molecule has 0 fully saturated rings. The van der Waals surface area contributed by atoms with Gasteiger partial charge in [0, 0.05) is 52.3 Å². The summed E-state index contributed by atoms with van der Waals surface area (Å²) in [5.74, 6) is 3.79. The largest absolute Gasteiger partial charge is 0.272 e. The van der Waals surface area contributed by atoms with Gasteiger partial charge in [-0.1, -0.05) is 267 Å². The van der Waals surface area contributed by atoms with Crippen LogP contribution in [0.2, 0.25) is 0 Å². The van der Waals surface area contributed by atoms with Gasteiger partial charge in [-0.25, -0.2) is 29.9 Å². The van der Waals surface area contributed by atoms with E-state index in [0.29, 0.717) is 57.7 Å². The molecule has 0 radical (unpaired) electrons. The second-order valence-electron chi connectivity index (χ2n) is 28.4. The van der Waals surface area contributed by atoms with Crippen molar-refractivity contribution in [1.29, 1.82) is 0 Å². The van der Waals surface area contributed by atoms with Crippen LogP contribution >= 0.6 is 0 Å². The fourth-order valence-corrected chi connectivity index (χ4v) is 14.6. The number of benzene rings is 9. The number of aromatic nitrogens is 18. The van der Waals surface area contributed by atoms with E-state index in [1.165, 1.54) is 16.7 Å². The van der Waals surface area contributed by atoms with E-state index in [1.807, 2.05) is 293 Å². The average Bonchev–Trinajstić information content (AvgIpc) is 1.45. The van der Waals surface area contributed by atoms with E-state index in [4.69, 9.17) is 29.9 Å². The third-order valence-corrected chi connectivity index (χ3v) is 20.5. The lowest BCUT2D eigenvalue weighted by molar-refractivity contribution is 1.05. The summed E-state index contributed by atoms with van der Waals surface area (Å²) in [5.41, 5.74) is 24.3. The normalized spacial score (nSPS) is 10.9. The van der Waals surface area contributed by atoms with E-state index < -0.39 is 0 Å². The molecule has 123 heavy (non-hydrogen) atoms. The Hall–Kier alpha value is -17.3. The summed E-state index contributed by atoms with van der Waals surface area (Å²) in [4.78, 5) is 43.3. The van der Waals surface area contributed by atoms with Crippen molar-refractivity contribution in [2.45, 2.75) is 0 Å². The van der Waals surface area contributed by atoms with Crippen molar-refractivity contribution in [2.75, 3.05) is 0 Å². The molecule has 0 aliphatic rings. The maximum Gasteiger partial charge on any atom is 0.187 e. The first-order valence-electron chi connectivity index (χ1n) is 40.1. The highest BCUT2D eigenvalue weighted by atomic mass is 15.3. The fraction of sp³-hybridized carbons (Fsp3) is 0. The molecule has 18 nitrogen and oxygen atoms in total. The molecule has 0 spiro atoms. The molecule has 9 aromatic carbocycles. The Labute approximate surface area is 709 Å². The molecule has 21 rings (SSSR count). The predicted octanol–water partition coefficient (Wildman–Crippen LogP) is 23.4. The Morgan fingerprint density at radius 3 is 0.740 bits per heavy atom. The minimum absolute atomic E-state index is 0.626. The SMILES string of the molecule is c1ccc(-c2ccc(-c3cccc(-c4nnc(-c5cccc(-c6ccccn6)n5)n4-c4ccccc4)n3)cc2)cc1.c1ccc(-c2cccc(-c3cccc(-c4nnc(-c5cccc(-c6ccccn6)n5)n4-c4ccccc4)n3)c2)cc1.c1ccc(-c2ccccc2-c2cccc(-c3nnc(-c4cccc(-c5ccccn5)n4)n3-c3ccccc3)n2)cc1. The number of hydrogen-bond donors (Lipinski definition) is 0. The quantitative estimate of drug-likeness (QED) is 0.0782. The lowest BCUT2D eigenvalue weighted by Gasteiger charge is -2.13. The molecule has 0 bridgehead atoms. The van der Waals surface area contributed by atoms with Crippen LogP contribution in [0, 0.1) is 0 Å². The lowest BCUT2D eigenvalue weighted by Crippen LogP contribution is -2.03. The van der Waals surface area contributed by atoms with Crippen LogP contribution in [0.25, 0.3) is 187 Å². The van der Waals surface area contributed by atoms with Gasteiger partial charge in [0.1, 0.15) is 34.2 Å². The Kier molecular flexibility index (Phi) is 22.0. The summed E-state index contributed by atoms with van der Waals surface area (Å²) in [6.45, 7) is 0. The zero-order valence-corrected chi connectivity index (χ0v) is 66.1. The van der Waals surface area contributed by atoms with Crippen LogP contribution in [-0.2, 0) is 0 Å². The molecule has 0 aliphatic carbocycles. The zero-order chi connectivity index (χ0) is 82.3. The Morgan fingerprint density at radius 2 is 0.374 bits per heavy atom. The Morgan fingerprint density at radius 1 is 0.138 bits per heavy atom. The van der Waals surface area contributed by atoms with Crippen LogP contribution in [0.1, 0.15) is 0 Å². The summed E-state index contributed by atoms with van der Waals surface area (Å²) in [5, 5.41) is 27.8. The van der Waals surface area contributed by atoms with Gasteiger partial charge in [-0.2, -0.15) is 0 Å². The third kappa shape index (κ3) is 16.8. The van der Waals surface area contributed by atoms with Crippen LogP contribution in [0.15, 0.2) is 437 Å². The summed E-state index contributed by atoms with van der Waals surface area (Å²) < 4.78 is 6.03. The molecule has 0 atom stereocenters. The van der Waals surface area contributed by atoms with Crippen molar-refractivity contribution in [3.05, 3.63) is 437 Å². The van der Waals surface area contributed by atoms with Crippen molar-refractivity contribution in [2.24, 2.45) is 0 Å². The number of pyridine rings is 9. The number of hydrogen-bond acceptors (Lipinski definition) is 15. The van der Waals surface area contributed by atoms with Crippen molar-refractivity contribution >= 4 is 0 Å². The number of rotatable bonds is 18. The van der Waals surface area contributed by atoms with Gasteiger partial charge in [-0.05, 0) is 185 Å². The number of para-hydroxylation sites is 3. The monoisotopic (exact) mass is 1580 g/mol. The smallest absolute Gasteiger partial charge is 0.187 e. The first-order valence-corrected chi connectivity index (χ1v) is 40.1. The van der Waals surface area contributed by atoms with Gasteiger partial charge in [0.2, 0.25) is 0 Å². The molecule has 0 unspecified atom stereocenters. The second-order valence-corrected chi connectivity index (χ2v) is 28.4. The maximum absolute atomic E-state index is 5.10. The number of nitrogens with zero attached hydrogens (tertiary/aromatic N) is 18. The molecular weight excluding hydrogens is 1510 g/mol. The fourth-order valence-electron chi connectivity index (χ4n) is 14.6. The van der Waals surface area contributed by atoms with Crippen LogP contribution in [-0.4, -0.2) is 89.1 Å². The molecule has 0 aliphatic heterocycles. The summed E-state index contributed by atoms with van der Waals surface area (Å²) in [6.07, 6.45) is 5.30. The first kappa shape index (κ1) is 75.8. The summed E-state index contributed by atoms with van der Waals surface area (Å²) in [7, 11) is 0. The van der Waals surface area contributed by atoms with E-state index in [0.717, 1.165) is 113 Å². The standard InChI is InChI=1S/3C35H24N6/c1-3-12-25(13-4-1)26-14-9-15-27(24-26)29-19-10-21-32(37-29)34-39-40-35(41(34)28-16-5-2-6-17-28)33-22-11-20-31(38-33)30-18-7-8-23-36-30;1-3-11-25(12-4-1)26-20-22-27(23-21-26)29-16-9-18-32(37-29)34-39-40-35(41(34)28-13-5-2-6-14-28)33-19-10-17-31(38-33)30-15-7-8-24-36-30;1-3-13-25(14-4-1)27-17-7-8-18-28(27)29-20-11-22-32(37-29)34-39-40-35(41(34)26-15-5-2-6-16-26)33-23-12-21-31(38-33)30-19-9-10-24-36-30/h3*1-24H. The molecule has 12 heterocycles. The molecule has 0 amide bonds. The second kappa shape index (κ2) is 35.7. The van der Waals surface area contributed by atoms with Crippen molar-refractivity contribution < 1.29 is 0 Å². The summed E-state index contributed by atoms with van der Waals surface area (Å²) in [6, 6.07) is 139. The highest BCUT2D eigenvalue weighted by molar-refractivity contribution is 5.83. The van der Waals surface area contributed by atoms with Gasteiger partial charge < -0.3 is 0 Å². The molecule has 0 N–H and O–H groups in total. The molecule has 0 saturated heterocycles. The van der Waals surface area contributed by atoms with Gasteiger partial charge in [-0.3, -0.25) is 28.7 Å². The van der Waals surface area contributed by atoms with Crippen molar-refractivity contribution in [3.63, 3.8) is 0 Å². The van der Waals surface area contributed by atoms with E-state index in [2.05, 4.69) is 185 Å². The molecule has 18 heteroatoms. The lowest BCUT2D eigenvalue weighted by atomic mass is 9.97. The topological polar surface area (TPSA) is 208 Å². The van der Waals surface area contributed by atoms with E-state index in [9.17, 15) is 0 Å². The van der Waals surface area contributed by atoms with Crippen LogP contribution in [0.5, 0.6) is 0 Å². The predicted molar refractivity (Wildman–Crippen MR) is 486 cm³/mol. The highest BCUT2D eigenvalue weighted by Crippen LogP contribution is 2.38. The minimum Gasteiger partial charge on any atom is -0.272 e. The van der Waals surface area contributed by atoms with Crippen molar-refractivity contribution in [1.82, 2.24) is 89.1 Å².